The van der Waals surface area contributed by atoms with Gasteiger partial charge in [-0.2, -0.15) is 5.10 Å². The quantitative estimate of drug-likeness (QED) is 0.653. The van der Waals surface area contributed by atoms with E-state index in [1.165, 1.54) is 0 Å². The largest absolute Gasteiger partial charge is 0.394 e. The standard InChI is InChI=1S/C12H20N4O3/c1-4-9-11(16(18)19)12(14(3)13-9)15-6-5-8(2)10(15)7-17/h8,10,17H,4-7H2,1-3H3. The lowest BCUT2D eigenvalue weighted by atomic mass is 10.0. The van der Waals surface area contributed by atoms with Gasteiger partial charge in [-0.05, 0) is 18.8 Å². The van der Waals surface area contributed by atoms with Gasteiger partial charge in [0.05, 0.1) is 17.6 Å². The van der Waals surface area contributed by atoms with Crippen LogP contribution in [-0.4, -0.2) is 39.0 Å². The summed E-state index contributed by atoms with van der Waals surface area (Å²) >= 11 is 0. The van der Waals surface area contributed by atoms with E-state index >= 15 is 0 Å². The molecule has 1 aromatic heterocycles. The SMILES string of the molecule is CCc1nn(C)c(N2CCC(C)C2CO)c1[N+](=O)[O-]. The van der Waals surface area contributed by atoms with Crippen molar-refractivity contribution >= 4 is 11.5 Å². The molecule has 2 rings (SSSR count). The molecule has 106 valence electrons. The van der Waals surface area contributed by atoms with E-state index in [0.29, 0.717) is 23.9 Å². The lowest BCUT2D eigenvalue weighted by Crippen LogP contribution is -2.36. The summed E-state index contributed by atoms with van der Waals surface area (Å²) in [5.41, 5.74) is 0.580. The van der Waals surface area contributed by atoms with E-state index in [0.717, 1.165) is 13.0 Å². The Morgan fingerprint density at radius 2 is 2.26 bits per heavy atom. The van der Waals surface area contributed by atoms with Crippen molar-refractivity contribution in [2.75, 3.05) is 18.1 Å². The Labute approximate surface area is 112 Å². The lowest BCUT2D eigenvalue weighted by Gasteiger charge is -2.26. The second-order valence-corrected chi connectivity index (χ2v) is 5.06. The third-order valence-corrected chi connectivity index (χ3v) is 3.92. The molecule has 2 heterocycles. The average Bonchev–Trinajstić information content (AvgIpc) is 2.88. The zero-order valence-electron chi connectivity index (χ0n) is 11.5. The summed E-state index contributed by atoms with van der Waals surface area (Å²) in [5.74, 6) is 0.842. The molecule has 1 aromatic rings. The molecule has 0 bridgehead atoms. The monoisotopic (exact) mass is 268 g/mol. The molecule has 0 amide bonds. The molecule has 0 aromatic carbocycles. The first-order chi connectivity index (χ1) is 9.01. The summed E-state index contributed by atoms with van der Waals surface area (Å²) in [6.45, 7) is 4.64. The van der Waals surface area contributed by atoms with Crippen molar-refractivity contribution in [1.82, 2.24) is 9.78 Å². The minimum absolute atomic E-state index is 0.00492. The fourth-order valence-electron chi connectivity index (χ4n) is 2.85. The molecular weight excluding hydrogens is 248 g/mol. The number of aliphatic hydroxyl groups excluding tert-OH is 1. The van der Waals surface area contributed by atoms with Gasteiger partial charge in [-0.25, -0.2) is 4.68 Å². The minimum atomic E-state index is -0.363. The first kappa shape index (κ1) is 13.8. The van der Waals surface area contributed by atoms with E-state index < -0.39 is 0 Å². The van der Waals surface area contributed by atoms with Crippen molar-refractivity contribution in [1.29, 1.82) is 0 Å². The number of nitrogens with zero attached hydrogens (tertiary/aromatic N) is 4. The van der Waals surface area contributed by atoms with Crippen LogP contribution in [-0.2, 0) is 13.5 Å². The number of aryl methyl sites for hydroxylation is 2. The topological polar surface area (TPSA) is 84.4 Å². The second kappa shape index (κ2) is 5.16. The van der Waals surface area contributed by atoms with Gasteiger partial charge in [-0.3, -0.25) is 10.1 Å². The zero-order chi connectivity index (χ0) is 14.2. The highest BCUT2D eigenvalue weighted by Crippen LogP contribution is 2.37. The van der Waals surface area contributed by atoms with Crippen molar-refractivity contribution in [3.63, 3.8) is 0 Å². The van der Waals surface area contributed by atoms with Crippen LogP contribution < -0.4 is 4.90 Å². The van der Waals surface area contributed by atoms with Crippen molar-refractivity contribution in [3.8, 4) is 0 Å². The van der Waals surface area contributed by atoms with Gasteiger partial charge in [-0.15, -0.1) is 0 Å². The van der Waals surface area contributed by atoms with Crippen LogP contribution in [0.25, 0.3) is 0 Å². The fourth-order valence-corrected chi connectivity index (χ4v) is 2.85. The lowest BCUT2D eigenvalue weighted by molar-refractivity contribution is -0.384. The molecule has 1 aliphatic heterocycles. The molecule has 2 atom stereocenters. The number of aromatic nitrogens is 2. The van der Waals surface area contributed by atoms with Crippen LogP contribution in [0, 0.1) is 16.0 Å². The number of anilines is 1. The van der Waals surface area contributed by atoms with Gasteiger partial charge in [0.25, 0.3) is 0 Å². The Bertz CT molecular complexity index is 486. The summed E-state index contributed by atoms with van der Waals surface area (Å²) in [5, 5.41) is 25.1. The van der Waals surface area contributed by atoms with Gasteiger partial charge in [0.1, 0.15) is 5.69 Å². The van der Waals surface area contributed by atoms with Crippen LogP contribution >= 0.6 is 0 Å². The first-order valence-corrected chi connectivity index (χ1v) is 6.59. The van der Waals surface area contributed by atoms with Crippen LogP contribution in [0.15, 0.2) is 0 Å². The predicted octanol–water partition coefficient (Wildman–Crippen LogP) is 1.10. The molecule has 0 aliphatic carbocycles. The highest BCUT2D eigenvalue weighted by molar-refractivity contribution is 5.62. The third-order valence-electron chi connectivity index (χ3n) is 3.92. The van der Waals surface area contributed by atoms with Crippen LogP contribution in [0.5, 0.6) is 0 Å². The molecule has 0 radical (unpaired) electrons. The molecule has 7 heteroatoms. The van der Waals surface area contributed by atoms with Crippen LogP contribution in [0.4, 0.5) is 11.5 Å². The van der Waals surface area contributed by atoms with Crippen molar-refractivity contribution < 1.29 is 10.0 Å². The summed E-state index contributed by atoms with van der Waals surface area (Å²) in [7, 11) is 1.72. The third kappa shape index (κ3) is 2.18. The molecule has 2 unspecified atom stereocenters. The fraction of sp³-hybridized carbons (Fsp3) is 0.750. The molecule has 1 saturated heterocycles. The molecule has 1 N–H and O–H groups in total. The van der Waals surface area contributed by atoms with E-state index in [2.05, 4.69) is 12.0 Å². The summed E-state index contributed by atoms with van der Waals surface area (Å²) < 4.78 is 1.57. The van der Waals surface area contributed by atoms with Gasteiger partial charge in [0, 0.05) is 13.6 Å². The van der Waals surface area contributed by atoms with Gasteiger partial charge in [0.15, 0.2) is 0 Å². The Balaban J connectivity index is 2.50. The Morgan fingerprint density at radius 1 is 1.58 bits per heavy atom. The summed E-state index contributed by atoms with van der Waals surface area (Å²) in [4.78, 5) is 12.9. The van der Waals surface area contributed by atoms with Crippen LogP contribution in [0.1, 0.15) is 26.0 Å². The van der Waals surface area contributed by atoms with E-state index in [4.69, 9.17) is 0 Å². The van der Waals surface area contributed by atoms with Crippen molar-refractivity contribution in [2.45, 2.75) is 32.7 Å². The number of hydrogen-bond donors (Lipinski definition) is 1. The molecule has 19 heavy (non-hydrogen) atoms. The van der Waals surface area contributed by atoms with E-state index in [1.54, 1.807) is 11.7 Å². The smallest absolute Gasteiger partial charge is 0.334 e. The molecule has 0 saturated carbocycles. The van der Waals surface area contributed by atoms with Crippen molar-refractivity contribution in [3.05, 3.63) is 15.8 Å². The molecular formula is C12H20N4O3. The highest BCUT2D eigenvalue weighted by atomic mass is 16.6. The highest BCUT2D eigenvalue weighted by Gasteiger charge is 2.38. The Hall–Kier alpha value is -1.63. The van der Waals surface area contributed by atoms with E-state index in [1.807, 2.05) is 11.8 Å². The maximum absolute atomic E-state index is 11.3. The number of hydrogen-bond acceptors (Lipinski definition) is 5. The maximum atomic E-state index is 11.3. The predicted molar refractivity (Wildman–Crippen MR) is 71.2 cm³/mol. The van der Waals surface area contributed by atoms with Gasteiger partial charge >= 0.3 is 5.69 Å². The number of aliphatic hydroxyl groups is 1. The van der Waals surface area contributed by atoms with E-state index in [-0.39, 0.29) is 23.3 Å². The maximum Gasteiger partial charge on any atom is 0.334 e. The van der Waals surface area contributed by atoms with Crippen LogP contribution in [0.3, 0.4) is 0 Å². The van der Waals surface area contributed by atoms with Gasteiger partial charge < -0.3 is 10.0 Å². The number of rotatable bonds is 4. The van der Waals surface area contributed by atoms with E-state index in [9.17, 15) is 15.2 Å². The second-order valence-electron chi connectivity index (χ2n) is 5.06. The molecule has 1 aliphatic rings. The van der Waals surface area contributed by atoms with Gasteiger partial charge in [0.2, 0.25) is 5.82 Å². The van der Waals surface area contributed by atoms with Crippen molar-refractivity contribution in [2.24, 2.45) is 13.0 Å². The number of nitro groups is 1. The molecule has 7 nitrogen and oxygen atoms in total. The molecule has 1 fully saturated rings. The summed E-state index contributed by atoms with van der Waals surface area (Å²) in [6, 6.07) is -0.0705. The van der Waals surface area contributed by atoms with Gasteiger partial charge in [-0.1, -0.05) is 13.8 Å². The normalized spacial score (nSPS) is 23.1. The first-order valence-electron chi connectivity index (χ1n) is 6.59. The average molecular weight is 268 g/mol. The molecule has 0 spiro atoms. The minimum Gasteiger partial charge on any atom is -0.394 e. The zero-order valence-corrected chi connectivity index (χ0v) is 11.5. The van der Waals surface area contributed by atoms with Crippen LogP contribution in [0.2, 0.25) is 0 Å². The summed E-state index contributed by atoms with van der Waals surface area (Å²) in [6.07, 6.45) is 1.45. The Morgan fingerprint density at radius 3 is 2.79 bits per heavy atom. The Kier molecular flexibility index (Phi) is 3.75.